The van der Waals surface area contributed by atoms with Crippen molar-refractivity contribution in [3.05, 3.63) is 63.9 Å². The van der Waals surface area contributed by atoms with E-state index in [0.717, 1.165) is 6.54 Å². The minimum atomic E-state index is -0.0661. The number of fused-ring (bicyclic) bond motifs is 1. The average Bonchev–Trinajstić information content (AvgIpc) is 2.48. The molecular formula is C16H16N2O2. The van der Waals surface area contributed by atoms with Crippen molar-refractivity contribution in [3.8, 4) is 0 Å². The number of carbonyl (C=O) groups is 1. The fourth-order valence-electron chi connectivity index (χ4n) is 2.53. The van der Waals surface area contributed by atoms with Gasteiger partial charge < -0.3 is 5.32 Å². The standard InChI is InChI=1S/C16H16N2O2/c1-11-9-17-16-13(7-8-14(19)18(16)10-11)15(20)12-5-3-2-4-6-12/h2-8,11,17H,9-10H2,1H3. The molecule has 4 heteroatoms. The largest absolute Gasteiger partial charge is 0.370 e. The zero-order valence-corrected chi connectivity index (χ0v) is 11.3. The van der Waals surface area contributed by atoms with E-state index in [1.54, 1.807) is 22.8 Å². The number of aromatic nitrogens is 1. The minimum absolute atomic E-state index is 0.0589. The van der Waals surface area contributed by atoms with E-state index in [4.69, 9.17) is 0 Å². The molecule has 1 aliphatic heterocycles. The summed E-state index contributed by atoms with van der Waals surface area (Å²) in [4.78, 5) is 24.5. The first-order chi connectivity index (χ1) is 9.66. The van der Waals surface area contributed by atoms with Crippen LogP contribution in [0.2, 0.25) is 0 Å². The highest BCUT2D eigenvalue weighted by Crippen LogP contribution is 2.22. The number of hydrogen-bond donors (Lipinski definition) is 1. The van der Waals surface area contributed by atoms with Crippen LogP contribution in [-0.2, 0) is 6.54 Å². The second-order valence-corrected chi connectivity index (χ2v) is 5.23. The Bertz CT molecular complexity index is 704. The summed E-state index contributed by atoms with van der Waals surface area (Å²) < 4.78 is 1.66. The number of nitrogens with zero attached hydrogens (tertiary/aromatic N) is 1. The van der Waals surface area contributed by atoms with Crippen LogP contribution in [0.25, 0.3) is 0 Å². The number of anilines is 1. The molecule has 1 N–H and O–H groups in total. The Morgan fingerprint density at radius 2 is 1.95 bits per heavy atom. The Hall–Kier alpha value is -2.36. The predicted octanol–water partition coefficient (Wildman–Crippen LogP) is 2.14. The van der Waals surface area contributed by atoms with Gasteiger partial charge in [0.15, 0.2) is 5.78 Å². The van der Waals surface area contributed by atoms with Gasteiger partial charge in [0.05, 0.1) is 5.56 Å². The average molecular weight is 268 g/mol. The Kier molecular flexibility index (Phi) is 3.14. The van der Waals surface area contributed by atoms with Gasteiger partial charge in [-0.25, -0.2) is 0 Å². The molecule has 0 bridgehead atoms. The molecule has 1 unspecified atom stereocenters. The molecule has 4 nitrogen and oxygen atoms in total. The van der Waals surface area contributed by atoms with Gasteiger partial charge in [-0.05, 0) is 12.0 Å². The van der Waals surface area contributed by atoms with Crippen LogP contribution in [-0.4, -0.2) is 16.9 Å². The second-order valence-electron chi connectivity index (χ2n) is 5.23. The van der Waals surface area contributed by atoms with Crippen LogP contribution in [0.1, 0.15) is 22.8 Å². The maximum absolute atomic E-state index is 12.6. The molecule has 2 heterocycles. The van der Waals surface area contributed by atoms with Crippen molar-refractivity contribution >= 4 is 11.6 Å². The van der Waals surface area contributed by atoms with Gasteiger partial charge in [0.25, 0.3) is 5.56 Å². The summed E-state index contributed by atoms with van der Waals surface area (Å²) >= 11 is 0. The third-order valence-corrected chi connectivity index (χ3v) is 3.58. The maximum Gasteiger partial charge on any atom is 0.252 e. The van der Waals surface area contributed by atoms with E-state index in [-0.39, 0.29) is 11.3 Å². The first-order valence-corrected chi connectivity index (χ1v) is 6.74. The molecule has 2 aromatic rings. The number of carbonyl (C=O) groups excluding carboxylic acids is 1. The summed E-state index contributed by atoms with van der Waals surface area (Å²) in [6.45, 7) is 3.50. The monoisotopic (exact) mass is 268 g/mol. The number of ketones is 1. The van der Waals surface area contributed by atoms with Crippen LogP contribution in [0.3, 0.4) is 0 Å². The fourth-order valence-corrected chi connectivity index (χ4v) is 2.53. The molecule has 1 atom stereocenters. The van der Waals surface area contributed by atoms with E-state index >= 15 is 0 Å². The van der Waals surface area contributed by atoms with Crippen molar-refractivity contribution in [1.82, 2.24) is 4.57 Å². The minimum Gasteiger partial charge on any atom is -0.370 e. The van der Waals surface area contributed by atoms with Crippen molar-refractivity contribution in [2.75, 3.05) is 11.9 Å². The molecule has 102 valence electrons. The third-order valence-electron chi connectivity index (χ3n) is 3.58. The molecule has 0 spiro atoms. The first-order valence-electron chi connectivity index (χ1n) is 6.74. The van der Waals surface area contributed by atoms with Gasteiger partial charge in [0, 0.05) is 24.7 Å². The van der Waals surface area contributed by atoms with Gasteiger partial charge in [-0.3, -0.25) is 14.2 Å². The molecule has 0 saturated carbocycles. The van der Waals surface area contributed by atoms with Gasteiger partial charge in [-0.15, -0.1) is 0 Å². The Balaban J connectivity index is 2.10. The summed E-state index contributed by atoms with van der Waals surface area (Å²) in [6, 6.07) is 12.2. The zero-order chi connectivity index (χ0) is 14.1. The molecule has 0 saturated heterocycles. The highest BCUT2D eigenvalue weighted by atomic mass is 16.1. The summed E-state index contributed by atoms with van der Waals surface area (Å²) in [5, 5.41) is 3.21. The summed E-state index contributed by atoms with van der Waals surface area (Å²) in [5.74, 6) is 0.961. The Morgan fingerprint density at radius 3 is 2.70 bits per heavy atom. The highest BCUT2D eigenvalue weighted by molar-refractivity contribution is 6.11. The number of hydrogen-bond acceptors (Lipinski definition) is 3. The van der Waals surface area contributed by atoms with E-state index < -0.39 is 0 Å². The lowest BCUT2D eigenvalue weighted by Gasteiger charge is -2.26. The quantitative estimate of drug-likeness (QED) is 0.849. The molecule has 1 aliphatic rings. The summed E-state index contributed by atoms with van der Waals surface area (Å²) in [7, 11) is 0. The van der Waals surface area contributed by atoms with Gasteiger partial charge in [0.1, 0.15) is 5.82 Å². The third kappa shape index (κ3) is 2.13. The van der Waals surface area contributed by atoms with Crippen molar-refractivity contribution in [1.29, 1.82) is 0 Å². The topological polar surface area (TPSA) is 51.1 Å². The van der Waals surface area contributed by atoms with Crippen LogP contribution in [0.15, 0.2) is 47.3 Å². The first kappa shape index (κ1) is 12.7. The number of pyridine rings is 1. The number of benzene rings is 1. The number of nitrogens with one attached hydrogen (secondary N) is 1. The van der Waals surface area contributed by atoms with Gasteiger partial charge >= 0.3 is 0 Å². The van der Waals surface area contributed by atoms with Crippen LogP contribution in [0, 0.1) is 5.92 Å². The van der Waals surface area contributed by atoms with Crippen LogP contribution < -0.4 is 10.9 Å². The summed E-state index contributed by atoms with van der Waals surface area (Å²) in [6.07, 6.45) is 0. The van der Waals surface area contributed by atoms with E-state index in [0.29, 0.717) is 29.4 Å². The summed E-state index contributed by atoms with van der Waals surface area (Å²) in [5.41, 5.74) is 1.13. The van der Waals surface area contributed by atoms with E-state index in [1.807, 2.05) is 18.2 Å². The molecule has 20 heavy (non-hydrogen) atoms. The van der Waals surface area contributed by atoms with Crippen LogP contribution in [0.5, 0.6) is 0 Å². The second kappa shape index (κ2) is 4.96. The molecule has 0 amide bonds. The molecule has 1 aromatic heterocycles. The Labute approximate surface area is 117 Å². The normalized spacial score (nSPS) is 17.1. The van der Waals surface area contributed by atoms with E-state index in [1.165, 1.54) is 6.07 Å². The van der Waals surface area contributed by atoms with E-state index in [2.05, 4.69) is 12.2 Å². The zero-order valence-electron chi connectivity index (χ0n) is 11.3. The number of rotatable bonds is 2. The van der Waals surface area contributed by atoms with Crippen LogP contribution >= 0.6 is 0 Å². The molecular weight excluding hydrogens is 252 g/mol. The van der Waals surface area contributed by atoms with Crippen molar-refractivity contribution < 1.29 is 4.79 Å². The molecule has 3 rings (SSSR count). The van der Waals surface area contributed by atoms with Crippen LogP contribution in [0.4, 0.5) is 5.82 Å². The van der Waals surface area contributed by atoms with Crippen molar-refractivity contribution in [2.24, 2.45) is 5.92 Å². The van der Waals surface area contributed by atoms with Gasteiger partial charge in [-0.1, -0.05) is 37.3 Å². The maximum atomic E-state index is 12.6. The lowest BCUT2D eigenvalue weighted by molar-refractivity contribution is 0.103. The lowest BCUT2D eigenvalue weighted by Crippen LogP contribution is -2.34. The highest BCUT2D eigenvalue weighted by Gasteiger charge is 2.22. The van der Waals surface area contributed by atoms with Gasteiger partial charge in [0.2, 0.25) is 0 Å². The molecule has 0 aliphatic carbocycles. The Morgan fingerprint density at radius 1 is 1.20 bits per heavy atom. The predicted molar refractivity (Wildman–Crippen MR) is 78.2 cm³/mol. The molecule has 1 aromatic carbocycles. The lowest BCUT2D eigenvalue weighted by atomic mass is 10.0. The smallest absolute Gasteiger partial charge is 0.252 e. The molecule has 0 fully saturated rings. The van der Waals surface area contributed by atoms with Gasteiger partial charge in [-0.2, -0.15) is 0 Å². The SMILES string of the molecule is CC1CNc2c(C(=O)c3ccccc3)ccc(=O)n2C1. The fraction of sp³-hybridized carbons (Fsp3) is 0.250. The van der Waals surface area contributed by atoms with Crippen molar-refractivity contribution in [3.63, 3.8) is 0 Å². The van der Waals surface area contributed by atoms with E-state index in [9.17, 15) is 9.59 Å². The molecule has 0 radical (unpaired) electrons. The van der Waals surface area contributed by atoms with Crippen molar-refractivity contribution in [2.45, 2.75) is 13.5 Å².